The number of hydrogen-bond donors (Lipinski definition) is 2. The molecule has 8 heteroatoms. The minimum atomic E-state index is -3.70. The van der Waals surface area contributed by atoms with Gasteiger partial charge in [-0.2, -0.15) is 5.10 Å². The van der Waals surface area contributed by atoms with Crippen molar-refractivity contribution in [3.8, 4) is 5.69 Å². The standard InChI is InChI=1S/C28H34N4O3S/c1-18-27(19(2)32(30-18)25-13-8-22(9-14-25)28(4,5)6)21-7-10-24(17-21)31-36(34,35)26-15-11-23(12-16-26)29-20(3)33/h7-16,21,24,31H,17H2,1-6H3,(H,29,33)/t21-,24-/m1/s1. The van der Waals surface area contributed by atoms with E-state index in [-0.39, 0.29) is 28.2 Å². The summed E-state index contributed by atoms with van der Waals surface area (Å²) in [4.78, 5) is 11.4. The number of aromatic nitrogens is 2. The molecule has 0 unspecified atom stereocenters. The molecule has 2 N–H and O–H groups in total. The van der Waals surface area contributed by atoms with Crippen LogP contribution in [-0.4, -0.2) is 30.1 Å². The lowest BCUT2D eigenvalue weighted by atomic mass is 9.87. The maximum atomic E-state index is 12.9. The van der Waals surface area contributed by atoms with Gasteiger partial charge in [0.25, 0.3) is 0 Å². The van der Waals surface area contributed by atoms with E-state index in [2.05, 4.69) is 68.1 Å². The Kier molecular flexibility index (Phi) is 6.94. The van der Waals surface area contributed by atoms with Crippen molar-refractivity contribution in [2.45, 2.75) is 70.2 Å². The first-order chi connectivity index (χ1) is 16.8. The third-order valence-electron chi connectivity index (χ3n) is 6.57. The highest BCUT2D eigenvalue weighted by Gasteiger charge is 2.29. The number of sulfonamides is 1. The molecule has 0 aliphatic heterocycles. The van der Waals surface area contributed by atoms with Crippen molar-refractivity contribution in [2.24, 2.45) is 0 Å². The molecule has 1 amide bonds. The van der Waals surface area contributed by atoms with Crippen LogP contribution in [0.25, 0.3) is 5.69 Å². The fourth-order valence-electron chi connectivity index (χ4n) is 4.73. The third-order valence-corrected chi connectivity index (χ3v) is 8.08. The lowest BCUT2D eigenvalue weighted by Crippen LogP contribution is -2.32. The average molecular weight is 507 g/mol. The molecular formula is C28H34N4O3S. The zero-order valence-corrected chi connectivity index (χ0v) is 22.5. The Balaban J connectivity index is 1.48. The first-order valence-corrected chi connectivity index (χ1v) is 13.6. The second kappa shape index (κ2) is 9.67. The maximum absolute atomic E-state index is 12.9. The molecule has 36 heavy (non-hydrogen) atoms. The minimum Gasteiger partial charge on any atom is -0.326 e. The number of carbonyl (C=O) groups excluding carboxylic acids is 1. The number of nitrogens with one attached hydrogen (secondary N) is 2. The molecule has 2 atom stereocenters. The Bertz CT molecular complexity index is 1400. The predicted octanol–water partition coefficient (Wildman–Crippen LogP) is 5.14. The van der Waals surface area contributed by atoms with E-state index >= 15 is 0 Å². The van der Waals surface area contributed by atoms with Gasteiger partial charge in [-0.15, -0.1) is 0 Å². The molecular weight excluding hydrogens is 472 g/mol. The van der Waals surface area contributed by atoms with Gasteiger partial charge in [-0.25, -0.2) is 17.8 Å². The molecule has 0 fully saturated rings. The third kappa shape index (κ3) is 5.44. The summed E-state index contributed by atoms with van der Waals surface area (Å²) in [6.45, 7) is 12.1. The molecule has 2 aromatic carbocycles. The summed E-state index contributed by atoms with van der Waals surface area (Å²) in [5.41, 5.74) is 6.06. The first kappa shape index (κ1) is 25.9. The second-order valence-electron chi connectivity index (χ2n) is 10.5. The van der Waals surface area contributed by atoms with Crippen molar-refractivity contribution in [3.63, 3.8) is 0 Å². The maximum Gasteiger partial charge on any atom is 0.241 e. The monoisotopic (exact) mass is 506 g/mol. The van der Waals surface area contributed by atoms with Crippen LogP contribution in [0.2, 0.25) is 0 Å². The van der Waals surface area contributed by atoms with Crippen LogP contribution in [0.1, 0.15) is 62.5 Å². The molecule has 3 aromatic rings. The van der Waals surface area contributed by atoms with E-state index in [1.165, 1.54) is 24.6 Å². The van der Waals surface area contributed by atoms with Gasteiger partial charge < -0.3 is 5.32 Å². The second-order valence-corrected chi connectivity index (χ2v) is 12.2. The van der Waals surface area contributed by atoms with Crippen LogP contribution < -0.4 is 10.0 Å². The van der Waals surface area contributed by atoms with Crippen molar-refractivity contribution in [1.29, 1.82) is 0 Å². The summed E-state index contributed by atoms with van der Waals surface area (Å²) in [7, 11) is -3.70. The number of anilines is 1. The van der Waals surface area contributed by atoms with Gasteiger partial charge in [-0.1, -0.05) is 45.1 Å². The van der Waals surface area contributed by atoms with Gasteiger partial charge in [0.05, 0.1) is 16.3 Å². The van der Waals surface area contributed by atoms with Gasteiger partial charge >= 0.3 is 0 Å². The van der Waals surface area contributed by atoms with E-state index in [1.807, 2.05) is 17.7 Å². The number of allylic oxidation sites excluding steroid dienone is 1. The van der Waals surface area contributed by atoms with Crippen LogP contribution in [0.3, 0.4) is 0 Å². The molecule has 0 radical (unpaired) electrons. The van der Waals surface area contributed by atoms with Gasteiger partial charge in [0.15, 0.2) is 0 Å². The Morgan fingerprint density at radius 1 is 1.00 bits per heavy atom. The van der Waals surface area contributed by atoms with Gasteiger partial charge in [0.2, 0.25) is 15.9 Å². The Hall–Kier alpha value is -3.23. The van der Waals surface area contributed by atoms with Crippen LogP contribution in [0.5, 0.6) is 0 Å². The van der Waals surface area contributed by atoms with Crippen molar-refractivity contribution < 1.29 is 13.2 Å². The van der Waals surface area contributed by atoms with Gasteiger partial charge in [0.1, 0.15) is 0 Å². The number of benzene rings is 2. The van der Waals surface area contributed by atoms with Crippen LogP contribution in [0.15, 0.2) is 65.6 Å². The summed E-state index contributed by atoms with van der Waals surface area (Å²) in [5, 5.41) is 7.45. The predicted molar refractivity (Wildman–Crippen MR) is 143 cm³/mol. The highest BCUT2D eigenvalue weighted by Crippen LogP contribution is 2.34. The summed E-state index contributed by atoms with van der Waals surface area (Å²) >= 11 is 0. The topological polar surface area (TPSA) is 93.1 Å². The highest BCUT2D eigenvalue weighted by molar-refractivity contribution is 7.89. The minimum absolute atomic E-state index is 0.0717. The zero-order valence-electron chi connectivity index (χ0n) is 21.7. The Labute approximate surface area is 213 Å². The Morgan fingerprint density at radius 3 is 2.22 bits per heavy atom. The lowest BCUT2D eigenvalue weighted by Gasteiger charge is -2.19. The number of nitrogens with zero attached hydrogens (tertiary/aromatic N) is 2. The summed E-state index contributed by atoms with van der Waals surface area (Å²) in [6.07, 6.45) is 4.61. The fourth-order valence-corrected chi connectivity index (χ4v) is 5.94. The number of aryl methyl sites for hydroxylation is 1. The molecule has 1 heterocycles. The van der Waals surface area contributed by atoms with Crippen molar-refractivity contribution in [3.05, 3.63) is 83.2 Å². The number of rotatable bonds is 6. The Morgan fingerprint density at radius 2 is 1.64 bits per heavy atom. The number of carbonyl (C=O) groups is 1. The summed E-state index contributed by atoms with van der Waals surface area (Å²) in [6, 6.07) is 14.3. The average Bonchev–Trinajstić information content (AvgIpc) is 3.35. The van der Waals surface area contributed by atoms with E-state index in [9.17, 15) is 13.2 Å². The van der Waals surface area contributed by atoms with Gasteiger partial charge in [-0.3, -0.25) is 4.79 Å². The van der Waals surface area contributed by atoms with E-state index in [0.717, 1.165) is 22.6 Å². The molecule has 1 aromatic heterocycles. The molecule has 0 bridgehead atoms. The van der Waals surface area contributed by atoms with Crippen LogP contribution in [0, 0.1) is 13.8 Å². The summed E-state index contributed by atoms with van der Waals surface area (Å²) < 4.78 is 30.6. The zero-order chi connectivity index (χ0) is 26.3. The van der Waals surface area contributed by atoms with Gasteiger partial charge in [0, 0.05) is 35.8 Å². The van der Waals surface area contributed by atoms with E-state index in [1.54, 1.807) is 12.1 Å². The largest absolute Gasteiger partial charge is 0.326 e. The molecule has 0 saturated carbocycles. The number of amides is 1. The SMILES string of the molecule is CC(=O)Nc1ccc(S(=O)(=O)N[C@@H]2C=C[C@@H](c3c(C)nn(-c4ccc(C(C)(C)C)cc4)c3C)C2)cc1. The normalized spacial score (nSPS) is 17.9. The fraction of sp³-hybridized carbons (Fsp3) is 0.357. The number of hydrogen-bond acceptors (Lipinski definition) is 4. The highest BCUT2D eigenvalue weighted by atomic mass is 32.2. The first-order valence-electron chi connectivity index (χ1n) is 12.1. The summed E-state index contributed by atoms with van der Waals surface area (Å²) in [5.74, 6) is -0.135. The van der Waals surface area contributed by atoms with Crippen LogP contribution in [0.4, 0.5) is 5.69 Å². The van der Waals surface area contributed by atoms with Crippen molar-refractivity contribution in [1.82, 2.24) is 14.5 Å². The van der Waals surface area contributed by atoms with E-state index in [0.29, 0.717) is 12.1 Å². The van der Waals surface area contributed by atoms with E-state index in [4.69, 9.17) is 5.10 Å². The molecule has 1 aliphatic carbocycles. The van der Waals surface area contributed by atoms with Crippen LogP contribution in [-0.2, 0) is 20.2 Å². The van der Waals surface area contributed by atoms with Crippen molar-refractivity contribution >= 4 is 21.6 Å². The molecule has 4 rings (SSSR count). The van der Waals surface area contributed by atoms with Gasteiger partial charge in [-0.05, 0) is 67.6 Å². The quantitative estimate of drug-likeness (QED) is 0.453. The molecule has 0 spiro atoms. The van der Waals surface area contributed by atoms with E-state index < -0.39 is 10.0 Å². The molecule has 7 nitrogen and oxygen atoms in total. The molecule has 190 valence electrons. The molecule has 0 saturated heterocycles. The smallest absolute Gasteiger partial charge is 0.241 e. The lowest BCUT2D eigenvalue weighted by molar-refractivity contribution is -0.114. The molecule has 1 aliphatic rings. The van der Waals surface area contributed by atoms with Crippen LogP contribution >= 0.6 is 0 Å². The van der Waals surface area contributed by atoms with Crippen molar-refractivity contribution in [2.75, 3.05) is 5.32 Å².